The molecule has 0 bridgehead atoms. The summed E-state index contributed by atoms with van der Waals surface area (Å²) in [6, 6.07) is 13.4. The minimum Gasteiger partial charge on any atom is -0.352 e. The number of anilines is 1. The maximum absolute atomic E-state index is 13.1. The topological polar surface area (TPSA) is 49.4 Å². The highest BCUT2D eigenvalue weighted by molar-refractivity contribution is 5.99. The lowest BCUT2D eigenvalue weighted by molar-refractivity contribution is -0.117. The van der Waals surface area contributed by atoms with Crippen molar-refractivity contribution in [1.82, 2.24) is 5.32 Å². The first-order valence-corrected chi connectivity index (χ1v) is 8.06. The number of halogens is 1. The monoisotopic (exact) mass is 326 g/mol. The molecule has 2 aromatic carbocycles. The van der Waals surface area contributed by atoms with Crippen molar-refractivity contribution in [3.63, 3.8) is 0 Å². The van der Waals surface area contributed by atoms with Crippen LogP contribution in [0.5, 0.6) is 0 Å². The van der Waals surface area contributed by atoms with Gasteiger partial charge >= 0.3 is 0 Å². The molecule has 5 heteroatoms. The molecule has 1 saturated heterocycles. The average Bonchev–Trinajstić information content (AvgIpc) is 3.01. The van der Waals surface area contributed by atoms with Crippen molar-refractivity contribution in [3.8, 4) is 0 Å². The Morgan fingerprint density at radius 1 is 1.17 bits per heavy atom. The zero-order valence-corrected chi connectivity index (χ0v) is 13.3. The molecule has 1 fully saturated rings. The van der Waals surface area contributed by atoms with Crippen LogP contribution in [0.1, 0.15) is 28.8 Å². The van der Waals surface area contributed by atoms with E-state index in [4.69, 9.17) is 0 Å². The molecule has 0 aromatic heterocycles. The molecule has 2 aromatic rings. The number of carbonyl (C=O) groups is 2. The number of carbonyl (C=O) groups excluding carboxylic acids is 2. The van der Waals surface area contributed by atoms with Crippen molar-refractivity contribution in [2.45, 2.75) is 19.3 Å². The molecule has 2 amide bonds. The van der Waals surface area contributed by atoms with E-state index >= 15 is 0 Å². The normalized spacial score (nSPS) is 14.0. The number of benzene rings is 2. The van der Waals surface area contributed by atoms with Crippen LogP contribution in [0.15, 0.2) is 48.5 Å². The highest BCUT2D eigenvalue weighted by atomic mass is 19.1. The first-order chi connectivity index (χ1) is 11.6. The smallest absolute Gasteiger partial charge is 0.251 e. The van der Waals surface area contributed by atoms with Gasteiger partial charge in [-0.05, 0) is 48.7 Å². The van der Waals surface area contributed by atoms with E-state index in [2.05, 4.69) is 5.32 Å². The van der Waals surface area contributed by atoms with Crippen LogP contribution in [0.3, 0.4) is 0 Å². The number of nitrogens with zero attached hydrogens (tertiary/aromatic N) is 1. The van der Waals surface area contributed by atoms with Crippen molar-refractivity contribution < 1.29 is 14.0 Å². The number of hydrogen-bond donors (Lipinski definition) is 1. The van der Waals surface area contributed by atoms with E-state index in [1.165, 1.54) is 12.1 Å². The van der Waals surface area contributed by atoms with Crippen LogP contribution in [-0.4, -0.2) is 24.9 Å². The van der Waals surface area contributed by atoms with Gasteiger partial charge in [-0.2, -0.15) is 0 Å². The van der Waals surface area contributed by atoms with Gasteiger partial charge in [0.1, 0.15) is 5.82 Å². The highest BCUT2D eigenvalue weighted by Crippen LogP contribution is 2.22. The lowest BCUT2D eigenvalue weighted by Gasteiger charge is -2.16. The first-order valence-electron chi connectivity index (χ1n) is 8.06. The van der Waals surface area contributed by atoms with Crippen LogP contribution in [0.2, 0.25) is 0 Å². The molecule has 3 rings (SSSR count). The van der Waals surface area contributed by atoms with Gasteiger partial charge in [-0.15, -0.1) is 0 Å². The molecule has 0 atom stereocenters. The standard InChI is InChI=1S/C19H19FN2O2/c20-16-6-1-4-14(12-16)9-10-21-19(24)15-5-2-7-17(13-15)22-11-3-8-18(22)23/h1-2,4-7,12-13H,3,8-11H2,(H,21,24). The predicted octanol–water partition coefficient (Wildman–Crippen LogP) is 2.93. The molecule has 0 saturated carbocycles. The van der Waals surface area contributed by atoms with Crippen LogP contribution in [-0.2, 0) is 11.2 Å². The Balaban J connectivity index is 1.60. The molecule has 0 radical (unpaired) electrons. The SMILES string of the molecule is O=C(NCCc1cccc(F)c1)c1cccc(N2CCCC2=O)c1. The summed E-state index contributed by atoms with van der Waals surface area (Å²) in [4.78, 5) is 25.8. The third-order valence-electron chi connectivity index (χ3n) is 4.08. The van der Waals surface area contributed by atoms with Gasteiger partial charge in [-0.25, -0.2) is 4.39 Å². The van der Waals surface area contributed by atoms with Gasteiger partial charge in [0.05, 0.1) is 0 Å². The van der Waals surface area contributed by atoms with E-state index in [0.29, 0.717) is 31.5 Å². The molecule has 1 aliphatic heterocycles. The van der Waals surface area contributed by atoms with Crippen molar-refractivity contribution in [3.05, 3.63) is 65.5 Å². The predicted molar refractivity (Wildman–Crippen MR) is 90.5 cm³/mol. The first kappa shape index (κ1) is 16.2. The summed E-state index contributed by atoms with van der Waals surface area (Å²) in [7, 11) is 0. The van der Waals surface area contributed by atoms with Gasteiger partial charge in [-0.3, -0.25) is 9.59 Å². The van der Waals surface area contributed by atoms with Gasteiger partial charge in [-0.1, -0.05) is 18.2 Å². The minimum absolute atomic E-state index is 0.0960. The minimum atomic E-state index is -0.276. The second kappa shape index (κ2) is 7.25. The summed E-state index contributed by atoms with van der Waals surface area (Å²) in [6.07, 6.45) is 1.97. The third-order valence-corrected chi connectivity index (χ3v) is 4.08. The third kappa shape index (κ3) is 3.79. The van der Waals surface area contributed by atoms with E-state index in [9.17, 15) is 14.0 Å². The van der Waals surface area contributed by atoms with E-state index in [-0.39, 0.29) is 17.6 Å². The fourth-order valence-corrected chi connectivity index (χ4v) is 2.85. The summed E-state index contributed by atoms with van der Waals surface area (Å²) in [6.45, 7) is 1.12. The molecule has 0 spiro atoms. The molecule has 4 nitrogen and oxygen atoms in total. The molecular formula is C19H19FN2O2. The Hall–Kier alpha value is -2.69. The molecule has 0 unspecified atom stereocenters. The van der Waals surface area contributed by atoms with Crippen molar-refractivity contribution in [1.29, 1.82) is 0 Å². The van der Waals surface area contributed by atoms with Crippen LogP contribution in [0.25, 0.3) is 0 Å². The average molecular weight is 326 g/mol. The molecule has 1 heterocycles. The van der Waals surface area contributed by atoms with Crippen LogP contribution < -0.4 is 10.2 Å². The zero-order valence-electron chi connectivity index (χ0n) is 13.3. The summed E-state index contributed by atoms with van der Waals surface area (Å²) in [5.41, 5.74) is 2.12. The van der Waals surface area contributed by atoms with Gasteiger partial charge in [0.15, 0.2) is 0 Å². The van der Waals surface area contributed by atoms with Gasteiger partial charge in [0.2, 0.25) is 5.91 Å². The van der Waals surface area contributed by atoms with E-state index in [1.807, 2.05) is 12.1 Å². The molecule has 1 aliphatic rings. The quantitative estimate of drug-likeness (QED) is 0.918. The summed E-state index contributed by atoms with van der Waals surface area (Å²) < 4.78 is 13.1. The fraction of sp³-hybridized carbons (Fsp3) is 0.263. The summed E-state index contributed by atoms with van der Waals surface area (Å²) >= 11 is 0. The Bertz CT molecular complexity index is 761. The van der Waals surface area contributed by atoms with Crippen LogP contribution >= 0.6 is 0 Å². The van der Waals surface area contributed by atoms with E-state index in [0.717, 1.165) is 17.7 Å². The molecule has 24 heavy (non-hydrogen) atoms. The Morgan fingerprint density at radius 3 is 2.75 bits per heavy atom. The maximum Gasteiger partial charge on any atom is 0.251 e. The lowest BCUT2D eigenvalue weighted by atomic mass is 10.1. The van der Waals surface area contributed by atoms with E-state index < -0.39 is 0 Å². The Labute approximate surface area is 140 Å². The second-order valence-corrected chi connectivity index (χ2v) is 5.84. The van der Waals surface area contributed by atoms with Crippen LogP contribution in [0.4, 0.5) is 10.1 Å². The van der Waals surface area contributed by atoms with Crippen molar-refractivity contribution in [2.24, 2.45) is 0 Å². The fourth-order valence-electron chi connectivity index (χ4n) is 2.85. The number of nitrogens with one attached hydrogen (secondary N) is 1. The summed E-state index contributed by atoms with van der Waals surface area (Å²) in [5, 5.41) is 2.83. The molecule has 0 aliphatic carbocycles. The summed E-state index contributed by atoms with van der Waals surface area (Å²) in [5.74, 6) is -0.375. The zero-order chi connectivity index (χ0) is 16.9. The highest BCUT2D eigenvalue weighted by Gasteiger charge is 2.22. The van der Waals surface area contributed by atoms with Crippen molar-refractivity contribution >= 4 is 17.5 Å². The van der Waals surface area contributed by atoms with E-state index in [1.54, 1.807) is 29.2 Å². The number of amides is 2. The molecular weight excluding hydrogens is 307 g/mol. The Kier molecular flexibility index (Phi) is 4.89. The van der Waals surface area contributed by atoms with Crippen molar-refractivity contribution in [2.75, 3.05) is 18.0 Å². The van der Waals surface area contributed by atoms with Gasteiger partial charge in [0, 0.05) is 30.8 Å². The Morgan fingerprint density at radius 2 is 2.00 bits per heavy atom. The number of rotatable bonds is 5. The van der Waals surface area contributed by atoms with Crippen LogP contribution in [0, 0.1) is 5.82 Å². The van der Waals surface area contributed by atoms with Gasteiger partial charge in [0.25, 0.3) is 5.91 Å². The largest absolute Gasteiger partial charge is 0.352 e. The maximum atomic E-state index is 13.1. The molecule has 1 N–H and O–H groups in total. The van der Waals surface area contributed by atoms with Gasteiger partial charge < -0.3 is 10.2 Å². The number of hydrogen-bond acceptors (Lipinski definition) is 2. The second-order valence-electron chi connectivity index (χ2n) is 5.84. The lowest BCUT2D eigenvalue weighted by Crippen LogP contribution is -2.27. The molecule has 124 valence electrons.